The molecule has 0 saturated heterocycles. The Balaban J connectivity index is 3.47. The second-order valence-corrected chi connectivity index (χ2v) is 3.16. The van der Waals surface area contributed by atoms with Crippen LogP contribution in [0.4, 0.5) is 0 Å². The average Bonchev–Trinajstić information content (AvgIpc) is 1.62. The standard InChI is InChI=1S/C7H17NO/c1-6(8-5)9-7(2,3)4/h6,8H,1-5H3/t6-/m0/s1. The lowest BCUT2D eigenvalue weighted by Gasteiger charge is -2.24. The van der Waals surface area contributed by atoms with Gasteiger partial charge in [0.2, 0.25) is 0 Å². The molecule has 1 N–H and O–H groups in total. The number of ether oxygens (including phenoxy) is 1. The van der Waals surface area contributed by atoms with E-state index in [0.717, 1.165) is 0 Å². The molecule has 0 fully saturated rings. The molecule has 0 heterocycles. The van der Waals surface area contributed by atoms with Crippen LogP contribution in [-0.2, 0) is 4.74 Å². The van der Waals surface area contributed by atoms with E-state index in [-0.39, 0.29) is 11.8 Å². The second-order valence-electron chi connectivity index (χ2n) is 3.16. The van der Waals surface area contributed by atoms with E-state index in [1.54, 1.807) is 0 Å². The molecule has 0 aliphatic heterocycles. The van der Waals surface area contributed by atoms with E-state index in [4.69, 9.17) is 4.74 Å². The van der Waals surface area contributed by atoms with E-state index in [1.807, 2.05) is 34.7 Å². The van der Waals surface area contributed by atoms with Gasteiger partial charge >= 0.3 is 0 Å². The largest absolute Gasteiger partial charge is 0.358 e. The molecule has 0 saturated carbocycles. The van der Waals surface area contributed by atoms with E-state index in [1.165, 1.54) is 0 Å². The van der Waals surface area contributed by atoms with E-state index < -0.39 is 0 Å². The van der Waals surface area contributed by atoms with Gasteiger partial charge in [0.15, 0.2) is 0 Å². The Morgan fingerprint density at radius 2 is 1.78 bits per heavy atom. The van der Waals surface area contributed by atoms with Crippen LogP contribution in [-0.4, -0.2) is 18.9 Å². The smallest absolute Gasteiger partial charge is 0.105 e. The van der Waals surface area contributed by atoms with Crippen LogP contribution in [0.1, 0.15) is 27.7 Å². The molecule has 0 aromatic rings. The first-order valence-corrected chi connectivity index (χ1v) is 3.31. The molecule has 0 rings (SSSR count). The second kappa shape index (κ2) is 3.18. The summed E-state index contributed by atoms with van der Waals surface area (Å²) in [5.41, 5.74) is -0.0393. The molecule has 0 spiro atoms. The van der Waals surface area contributed by atoms with Crippen LogP contribution >= 0.6 is 0 Å². The van der Waals surface area contributed by atoms with Crippen molar-refractivity contribution in [1.82, 2.24) is 5.32 Å². The maximum atomic E-state index is 5.48. The average molecular weight is 131 g/mol. The van der Waals surface area contributed by atoms with E-state index in [2.05, 4.69) is 5.32 Å². The van der Waals surface area contributed by atoms with Crippen molar-refractivity contribution in [3.05, 3.63) is 0 Å². The van der Waals surface area contributed by atoms with Crippen LogP contribution in [0.2, 0.25) is 0 Å². The molecule has 0 aromatic heterocycles. The van der Waals surface area contributed by atoms with Gasteiger partial charge in [0.05, 0.1) is 5.60 Å². The SMILES string of the molecule is CN[C@H](C)OC(C)(C)C. The van der Waals surface area contributed by atoms with Crippen molar-refractivity contribution >= 4 is 0 Å². The number of hydrogen-bond donors (Lipinski definition) is 1. The molecule has 0 bridgehead atoms. The molecule has 2 nitrogen and oxygen atoms in total. The quantitative estimate of drug-likeness (QED) is 0.571. The summed E-state index contributed by atoms with van der Waals surface area (Å²) in [5, 5.41) is 3.00. The van der Waals surface area contributed by atoms with Gasteiger partial charge in [-0.15, -0.1) is 0 Å². The zero-order valence-corrected chi connectivity index (χ0v) is 6.99. The summed E-state index contributed by atoms with van der Waals surface area (Å²) in [5.74, 6) is 0. The van der Waals surface area contributed by atoms with Gasteiger partial charge in [0.1, 0.15) is 6.23 Å². The Morgan fingerprint density at radius 1 is 1.33 bits per heavy atom. The van der Waals surface area contributed by atoms with Crippen LogP contribution in [0.5, 0.6) is 0 Å². The van der Waals surface area contributed by atoms with Gasteiger partial charge in [-0.2, -0.15) is 0 Å². The Bertz CT molecular complexity index is 75.5. The van der Waals surface area contributed by atoms with E-state index >= 15 is 0 Å². The molecule has 0 radical (unpaired) electrons. The van der Waals surface area contributed by atoms with E-state index in [9.17, 15) is 0 Å². The third kappa shape index (κ3) is 5.80. The first-order chi connectivity index (χ1) is 3.95. The van der Waals surface area contributed by atoms with Gasteiger partial charge in [-0.3, -0.25) is 5.32 Å². The normalized spacial score (nSPS) is 15.7. The molecular weight excluding hydrogens is 114 g/mol. The molecule has 0 aliphatic carbocycles. The minimum absolute atomic E-state index is 0.0393. The highest BCUT2D eigenvalue weighted by molar-refractivity contribution is 4.60. The van der Waals surface area contributed by atoms with Crippen molar-refractivity contribution in [3.63, 3.8) is 0 Å². The van der Waals surface area contributed by atoms with Crippen LogP contribution in [0.25, 0.3) is 0 Å². The lowest BCUT2D eigenvalue weighted by molar-refractivity contribution is -0.0624. The van der Waals surface area contributed by atoms with Crippen molar-refractivity contribution < 1.29 is 4.74 Å². The summed E-state index contributed by atoms with van der Waals surface area (Å²) >= 11 is 0. The molecule has 0 unspecified atom stereocenters. The van der Waals surface area contributed by atoms with E-state index in [0.29, 0.717) is 0 Å². The maximum absolute atomic E-state index is 5.48. The molecule has 0 aliphatic rings. The number of nitrogens with one attached hydrogen (secondary N) is 1. The fraction of sp³-hybridized carbons (Fsp3) is 1.00. The minimum Gasteiger partial charge on any atom is -0.358 e. The van der Waals surface area contributed by atoms with Crippen molar-refractivity contribution in [3.8, 4) is 0 Å². The van der Waals surface area contributed by atoms with Gasteiger partial charge in [-0.1, -0.05) is 0 Å². The van der Waals surface area contributed by atoms with Gasteiger partial charge in [0, 0.05) is 0 Å². The summed E-state index contributed by atoms with van der Waals surface area (Å²) in [7, 11) is 1.89. The predicted octanol–water partition coefficient (Wildman–Crippen LogP) is 1.37. The van der Waals surface area contributed by atoms with Gasteiger partial charge in [0.25, 0.3) is 0 Å². The Morgan fingerprint density at radius 3 is 1.89 bits per heavy atom. The molecule has 56 valence electrons. The number of rotatable bonds is 2. The van der Waals surface area contributed by atoms with Crippen LogP contribution in [0.15, 0.2) is 0 Å². The first kappa shape index (κ1) is 8.92. The monoisotopic (exact) mass is 131 g/mol. The highest BCUT2D eigenvalue weighted by Gasteiger charge is 2.12. The summed E-state index contributed by atoms with van der Waals surface area (Å²) in [4.78, 5) is 0. The van der Waals surface area contributed by atoms with Gasteiger partial charge < -0.3 is 4.74 Å². The summed E-state index contributed by atoms with van der Waals surface area (Å²) in [6.07, 6.45) is 0.144. The zero-order valence-electron chi connectivity index (χ0n) is 6.99. The number of hydrogen-bond acceptors (Lipinski definition) is 2. The lowest BCUT2D eigenvalue weighted by Crippen LogP contribution is -2.33. The highest BCUT2D eigenvalue weighted by atomic mass is 16.5. The van der Waals surface area contributed by atoms with Crippen molar-refractivity contribution in [2.24, 2.45) is 0 Å². The fourth-order valence-corrected chi connectivity index (χ4v) is 0.589. The molecule has 9 heavy (non-hydrogen) atoms. The van der Waals surface area contributed by atoms with Crippen LogP contribution in [0, 0.1) is 0 Å². The predicted molar refractivity (Wildman–Crippen MR) is 39.4 cm³/mol. The molecule has 2 heteroatoms. The fourth-order valence-electron chi connectivity index (χ4n) is 0.589. The zero-order chi connectivity index (χ0) is 7.49. The Hall–Kier alpha value is -0.0800. The summed E-state index contributed by atoms with van der Waals surface area (Å²) < 4.78 is 5.48. The highest BCUT2D eigenvalue weighted by Crippen LogP contribution is 2.08. The molecule has 0 amide bonds. The van der Waals surface area contributed by atoms with Crippen molar-refractivity contribution in [2.75, 3.05) is 7.05 Å². The van der Waals surface area contributed by atoms with Gasteiger partial charge in [-0.25, -0.2) is 0 Å². The van der Waals surface area contributed by atoms with Gasteiger partial charge in [-0.05, 0) is 34.7 Å². The molecule has 1 atom stereocenters. The third-order valence-electron chi connectivity index (χ3n) is 0.937. The van der Waals surface area contributed by atoms with Crippen molar-refractivity contribution in [1.29, 1.82) is 0 Å². The third-order valence-corrected chi connectivity index (χ3v) is 0.937. The van der Waals surface area contributed by atoms with Crippen LogP contribution < -0.4 is 5.32 Å². The first-order valence-electron chi connectivity index (χ1n) is 3.31. The Kier molecular flexibility index (Phi) is 3.15. The molecular formula is C7H17NO. The van der Waals surface area contributed by atoms with Crippen molar-refractivity contribution in [2.45, 2.75) is 39.5 Å². The topological polar surface area (TPSA) is 21.3 Å². The molecule has 0 aromatic carbocycles. The maximum Gasteiger partial charge on any atom is 0.105 e. The summed E-state index contributed by atoms with van der Waals surface area (Å²) in [6, 6.07) is 0. The van der Waals surface area contributed by atoms with Crippen LogP contribution in [0.3, 0.4) is 0 Å². The Labute approximate surface area is 57.6 Å². The lowest BCUT2D eigenvalue weighted by atomic mass is 10.2. The minimum atomic E-state index is -0.0393. The summed E-state index contributed by atoms with van der Waals surface area (Å²) in [6.45, 7) is 8.12.